The third kappa shape index (κ3) is 3.82. The lowest BCUT2D eigenvalue weighted by Gasteiger charge is -2.16. The Bertz CT molecular complexity index is 839. The molecule has 0 aliphatic carbocycles. The van der Waals surface area contributed by atoms with E-state index >= 15 is 0 Å². The number of imide groups is 1. The number of nitrogens with one attached hydrogen (secondary N) is 2. The molecule has 1 aliphatic rings. The molecule has 2 aromatic carbocycles. The van der Waals surface area contributed by atoms with E-state index in [2.05, 4.69) is 10.9 Å². The number of anilines is 1. The molecule has 6 nitrogen and oxygen atoms in total. The van der Waals surface area contributed by atoms with Gasteiger partial charge in [-0.05, 0) is 42.5 Å². The highest BCUT2D eigenvalue weighted by molar-refractivity contribution is 6.31. The molecule has 1 saturated heterocycles. The molecule has 0 unspecified atom stereocenters. The minimum Gasteiger partial charge on any atom is -0.287 e. The molecule has 25 heavy (non-hydrogen) atoms. The van der Waals surface area contributed by atoms with Crippen LogP contribution in [0.25, 0.3) is 0 Å². The molecule has 1 atom stereocenters. The fourth-order valence-electron chi connectivity index (χ4n) is 2.46. The third-order valence-electron chi connectivity index (χ3n) is 3.68. The number of hydrogen-bond acceptors (Lipinski definition) is 4. The lowest BCUT2D eigenvalue weighted by Crippen LogP contribution is -2.48. The zero-order valence-electron chi connectivity index (χ0n) is 12.8. The van der Waals surface area contributed by atoms with Crippen LogP contribution in [0.1, 0.15) is 16.8 Å². The highest BCUT2D eigenvalue weighted by atomic mass is 35.5. The Labute approximate surface area is 153 Å². The molecule has 0 spiro atoms. The highest BCUT2D eigenvalue weighted by Crippen LogP contribution is 2.24. The van der Waals surface area contributed by atoms with Gasteiger partial charge >= 0.3 is 0 Å². The van der Waals surface area contributed by atoms with Gasteiger partial charge in [-0.1, -0.05) is 29.3 Å². The van der Waals surface area contributed by atoms with Crippen molar-refractivity contribution in [1.29, 1.82) is 0 Å². The molecule has 128 valence electrons. The summed E-state index contributed by atoms with van der Waals surface area (Å²) in [5, 5.41) is 0.931. The molecular weight excluding hydrogens is 365 g/mol. The largest absolute Gasteiger partial charge is 0.287 e. The summed E-state index contributed by atoms with van der Waals surface area (Å²) in [5.41, 5.74) is 5.82. The fourth-order valence-corrected chi connectivity index (χ4v) is 2.78. The molecule has 0 saturated carbocycles. The summed E-state index contributed by atoms with van der Waals surface area (Å²) < 4.78 is 0. The van der Waals surface area contributed by atoms with Crippen LogP contribution in [0.15, 0.2) is 48.5 Å². The van der Waals surface area contributed by atoms with Crippen molar-refractivity contribution < 1.29 is 14.4 Å². The monoisotopic (exact) mass is 377 g/mol. The number of nitrogens with zero attached hydrogens (tertiary/aromatic N) is 1. The zero-order valence-corrected chi connectivity index (χ0v) is 14.3. The summed E-state index contributed by atoms with van der Waals surface area (Å²) >= 11 is 11.7. The predicted molar refractivity (Wildman–Crippen MR) is 94.4 cm³/mol. The maximum absolute atomic E-state index is 12.4. The van der Waals surface area contributed by atoms with Crippen molar-refractivity contribution in [1.82, 2.24) is 10.9 Å². The first kappa shape index (κ1) is 17.4. The van der Waals surface area contributed by atoms with Crippen LogP contribution in [-0.2, 0) is 9.59 Å². The second-order valence-corrected chi connectivity index (χ2v) is 6.28. The Kier molecular flexibility index (Phi) is 5.03. The molecule has 1 fully saturated rings. The van der Waals surface area contributed by atoms with Crippen molar-refractivity contribution >= 4 is 46.6 Å². The van der Waals surface area contributed by atoms with E-state index < -0.39 is 17.9 Å². The average Bonchev–Trinajstić information content (AvgIpc) is 2.87. The van der Waals surface area contributed by atoms with Crippen molar-refractivity contribution in [2.45, 2.75) is 12.5 Å². The second kappa shape index (κ2) is 7.23. The Morgan fingerprint density at radius 1 is 1.04 bits per heavy atom. The van der Waals surface area contributed by atoms with Crippen LogP contribution in [0, 0.1) is 0 Å². The van der Waals surface area contributed by atoms with Crippen LogP contribution < -0.4 is 15.8 Å². The summed E-state index contributed by atoms with van der Waals surface area (Å²) in [5.74, 6) is -1.26. The Hall–Kier alpha value is -2.41. The summed E-state index contributed by atoms with van der Waals surface area (Å²) in [7, 11) is 0. The molecule has 1 aliphatic heterocycles. The standard InChI is InChI=1S/C17H13Cl2N3O3/c18-11-4-6-13(7-5-11)22-15(23)9-14(17(22)25)20-21-16(24)10-2-1-3-12(19)8-10/h1-8,14,20H,9H2,(H,21,24)/t14-/m0/s1. The average molecular weight is 378 g/mol. The molecule has 2 aromatic rings. The van der Waals surface area contributed by atoms with E-state index in [0.29, 0.717) is 21.3 Å². The van der Waals surface area contributed by atoms with Crippen molar-refractivity contribution in [2.24, 2.45) is 0 Å². The van der Waals surface area contributed by atoms with Crippen LogP contribution in [-0.4, -0.2) is 23.8 Å². The molecule has 2 N–H and O–H groups in total. The van der Waals surface area contributed by atoms with E-state index in [-0.39, 0.29) is 12.3 Å². The lowest BCUT2D eigenvalue weighted by atomic mass is 10.2. The third-order valence-corrected chi connectivity index (χ3v) is 4.17. The smallest absolute Gasteiger partial charge is 0.265 e. The van der Waals surface area contributed by atoms with Gasteiger partial charge in [-0.3, -0.25) is 19.8 Å². The summed E-state index contributed by atoms with van der Waals surface area (Å²) in [4.78, 5) is 37.7. The highest BCUT2D eigenvalue weighted by Gasteiger charge is 2.39. The molecule has 8 heteroatoms. The van der Waals surface area contributed by atoms with Crippen molar-refractivity contribution in [3.05, 3.63) is 64.1 Å². The number of benzene rings is 2. The normalized spacial score (nSPS) is 17.0. The molecule has 0 radical (unpaired) electrons. The van der Waals surface area contributed by atoms with E-state index in [1.54, 1.807) is 42.5 Å². The van der Waals surface area contributed by atoms with Gasteiger partial charge in [-0.15, -0.1) is 0 Å². The van der Waals surface area contributed by atoms with Gasteiger partial charge in [0.15, 0.2) is 0 Å². The minimum absolute atomic E-state index is 0.0582. The maximum atomic E-state index is 12.4. The molecule has 0 aromatic heterocycles. The second-order valence-electron chi connectivity index (χ2n) is 5.41. The molecule has 3 rings (SSSR count). The zero-order chi connectivity index (χ0) is 18.0. The summed E-state index contributed by atoms with van der Waals surface area (Å²) in [6.07, 6.45) is -0.0582. The van der Waals surface area contributed by atoms with Gasteiger partial charge in [0.25, 0.3) is 11.8 Å². The molecular formula is C17H13Cl2N3O3. The topological polar surface area (TPSA) is 78.5 Å². The van der Waals surface area contributed by atoms with Gasteiger partial charge < -0.3 is 0 Å². The first-order valence-electron chi connectivity index (χ1n) is 7.39. The Balaban J connectivity index is 1.66. The van der Waals surface area contributed by atoms with Crippen LogP contribution in [0.5, 0.6) is 0 Å². The van der Waals surface area contributed by atoms with Crippen LogP contribution in [0.3, 0.4) is 0 Å². The number of hydrazine groups is 1. The molecule has 1 heterocycles. The number of carbonyl (C=O) groups is 3. The van der Waals surface area contributed by atoms with Gasteiger partial charge in [-0.2, -0.15) is 0 Å². The quantitative estimate of drug-likeness (QED) is 0.633. The molecule has 3 amide bonds. The number of rotatable bonds is 4. The number of halogens is 2. The maximum Gasteiger partial charge on any atom is 0.265 e. The van der Waals surface area contributed by atoms with Crippen molar-refractivity contribution in [3.8, 4) is 0 Å². The van der Waals surface area contributed by atoms with Gasteiger partial charge in [0, 0.05) is 15.6 Å². The Morgan fingerprint density at radius 2 is 1.76 bits per heavy atom. The van der Waals surface area contributed by atoms with E-state index in [4.69, 9.17) is 23.2 Å². The van der Waals surface area contributed by atoms with Gasteiger partial charge in [0.1, 0.15) is 6.04 Å². The SMILES string of the molecule is O=C(NN[C@H]1CC(=O)N(c2ccc(Cl)cc2)C1=O)c1cccc(Cl)c1. The lowest BCUT2D eigenvalue weighted by molar-refractivity contribution is -0.121. The van der Waals surface area contributed by atoms with Crippen molar-refractivity contribution in [3.63, 3.8) is 0 Å². The van der Waals surface area contributed by atoms with Crippen LogP contribution >= 0.6 is 23.2 Å². The van der Waals surface area contributed by atoms with Gasteiger partial charge in [0.2, 0.25) is 5.91 Å². The van der Waals surface area contributed by atoms with Gasteiger partial charge in [0.05, 0.1) is 12.1 Å². The van der Waals surface area contributed by atoms with Crippen LogP contribution in [0.2, 0.25) is 10.0 Å². The first-order chi connectivity index (χ1) is 12.0. The van der Waals surface area contributed by atoms with E-state index in [1.165, 1.54) is 6.07 Å². The first-order valence-corrected chi connectivity index (χ1v) is 8.15. The molecule has 0 bridgehead atoms. The van der Waals surface area contributed by atoms with Gasteiger partial charge in [-0.25, -0.2) is 10.3 Å². The van der Waals surface area contributed by atoms with E-state index in [0.717, 1.165) is 4.90 Å². The number of carbonyl (C=O) groups excluding carboxylic acids is 3. The summed E-state index contributed by atoms with van der Waals surface area (Å²) in [6, 6.07) is 11.9. The predicted octanol–water partition coefficient (Wildman–Crippen LogP) is 2.56. The van der Waals surface area contributed by atoms with E-state index in [1.807, 2.05) is 0 Å². The minimum atomic E-state index is -0.841. The van der Waals surface area contributed by atoms with Crippen molar-refractivity contribution in [2.75, 3.05) is 4.90 Å². The Morgan fingerprint density at radius 3 is 2.44 bits per heavy atom. The number of hydrogen-bond donors (Lipinski definition) is 2. The van der Waals surface area contributed by atoms with Crippen LogP contribution in [0.4, 0.5) is 5.69 Å². The van der Waals surface area contributed by atoms with E-state index in [9.17, 15) is 14.4 Å². The fraction of sp³-hybridized carbons (Fsp3) is 0.118. The summed E-state index contributed by atoms with van der Waals surface area (Å²) in [6.45, 7) is 0. The number of amides is 3.